The van der Waals surface area contributed by atoms with Crippen LogP contribution in [0, 0.1) is 30.1 Å². The summed E-state index contributed by atoms with van der Waals surface area (Å²) in [5, 5.41) is 17.8. The lowest BCUT2D eigenvalue weighted by molar-refractivity contribution is 0.299. The van der Waals surface area contributed by atoms with E-state index in [-0.39, 0.29) is 24.0 Å². The summed E-state index contributed by atoms with van der Waals surface area (Å²) in [7, 11) is 1.86. The van der Waals surface area contributed by atoms with Crippen LogP contribution in [0.5, 0.6) is 0 Å². The molecule has 2 atom stereocenters. The molecule has 2 heterocycles. The number of fused-ring (bicyclic) bond motifs is 1. The molecule has 0 amide bonds. The lowest BCUT2D eigenvalue weighted by Gasteiger charge is -2.22. The molecule has 1 saturated carbocycles. The van der Waals surface area contributed by atoms with E-state index in [1.54, 1.807) is 4.68 Å². The molecular formula is C24H34IN7. The van der Waals surface area contributed by atoms with Crippen molar-refractivity contribution < 1.29 is 0 Å². The molecule has 172 valence electrons. The maximum Gasteiger partial charge on any atom is 0.193 e. The highest BCUT2D eigenvalue weighted by Gasteiger charge is 2.35. The lowest BCUT2D eigenvalue weighted by atomic mass is 9.82. The van der Waals surface area contributed by atoms with Gasteiger partial charge in [-0.2, -0.15) is 10.4 Å². The van der Waals surface area contributed by atoms with Crippen LogP contribution in [0.2, 0.25) is 0 Å². The number of nitrogen functional groups attached to an aromatic ring is 1. The van der Waals surface area contributed by atoms with Crippen molar-refractivity contribution in [2.24, 2.45) is 16.8 Å². The number of nitrogens with zero attached hydrogens (tertiary/aromatic N) is 5. The summed E-state index contributed by atoms with van der Waals surface area (Å²) >= 11 is 0. The number of hydrogen-bond donors (Lipinski definition) is 2. The number of guanidine groups is 1. The maximum absolute atomic E-state index is 9.61. The van der Waals surface area contributed by atoms with E-state index in [2.05, 4.69) is 26.4 Å². The number of aromatic nitrogens is 2. The molecule has 0 bridgehead atoms. The van der Waals surface area contributed by atoms with E-state index in [1.165, 1.54) is 31.2 Å². The second kappa shape index (κ2) is 11.0. The molecule has 3 N–H and O–H groups in total. The molecule has 1 aromatic heterocycles. The summed E-state index contributed by atoms with van der Waals surface area (Å²) in [5.74, 6) is 3.07. The molecule has 2 fully saturated rings. The molecule has 2 aliphatic rings. The van der Waals surface area contributed by atoms with Crippen LogP contribution in [0.3, 0.4) is 0 Å². The van der Waals surface area contributed by atoms with E-state index in [0.29, 0.717) is 17.8 Å². The average Bonchev–Trinajstić information content (AvgIpc) is 3.35. The molecular weight excluding hydrogens is 513 g/mol. The van der Waals surface area contributed by atoms with Crippen molar-refractivity contribution in [2.75, 3.05) is 32.4 Å². The van der Waals surface area contributed by atoms with Crippen molar-refractivity contribution >= 4 is 35.8 Å². The number of aliphatic imine (C=N–C) groups is 1. The maximum atomic E-state index is 9.61. The molecule has 1 aliphatic carbocycles. The number of rotatable bonds is 5. The molecule has 8 heteroatoms. The molecule has 1 aromatic carbocycles. The first-order chi connectivity index (χ1) is 15.1. The number of aryl methyl sites for hydroxylation is 2. The first-order valence-electron chi connectivity index (χ1n) is 11.4. The summed E-state index contributed by atoms with van der Waals surface area (Å²) in [6.45, 7) is 5.08. The number of nitrogens with two attached hydrogens (primary N) is 1. The van der Waals surface area contributed by atoms with Gasteiger partial charge in [0.2, 0.25) is 0 Å². The van der Waals surface area contributed by atoms with Crippen molar-refractivity contribution in [1.82, 2.24) is 20.0 Å². The topological polar surface area (TPSA) is 95.3 Å². The highest BCUT2D eigenvalue weighted by Crippen LogP contribution is 2.35. The number of likely N-dealkylation sites (tertiary alicyclic amines) is 1. The van der Waals surface area contributed by atoms with E-state index in [4.69, 9.17) is 5.73 Å². The van der Waals surface area contributed by atoms with Gasteiger partial charge in [-0.15, -0.1) is 24.0 Å². The number of hydrogen-bond acceptors (Lipinski definition) is 4. The predicted octanol–water partition coefficient (Wildman–Crippen LogP) is 3.88. The Morgan fingerprint density at radius 3 is 2.47 bits per heavy atom. The second-order valence-corrected chi connectivity index (χ2v) is 8.85. The number of benzene rings is 1. The Hall–Kier alpha value is -2.28. The SMILES string of the molecule is CN=C(NCCCc1nn(-c2ccc(C)cc2)c(N)c1C#N)N1CC2CCCCC2C1.I. The third kappa shape index (κ3) is 5.20. The zero-order chi connectivity index (χ0) is 21.8. The third-order valence-corrected chi connectivity index (χ3v) is 6.75. The van der Waals surface area contributed by atoms with Gasteiger partial charge in [-0.05, 0) is 56.6 Å². The van der Waals surface area contributed by atoms with E-state index in [9.17, 15) is 5.26 Å². The number of anilines is 1. The van der Waals surface area contributed by atoms with Crippen molar-refractivity contribution in [2.45, 2.75) is 45.4 Å². The van der Waals surface area contributed by atoms with Crippen molar-refractivity contribution in [1.29, 1.82) is 5.26 Å². The van der Waals surface area contributed by atoms with Crippen LogP contribution >= 0.6 is 24.0 Å². The largest absolute Gasteiger partial charge is 0.382 e. The molecule has 32 heavy (non-hydrogen) atoms. The summed E-state index contributed by atoms with van der Waals surface area (Å²) in [5.41, 5.74) is 9.52. The van der Waals surface area contributed by atoms with Gasteiger partial charge in [-0.25, -0.2) is 4.68 Å². The Balaban J connectivity index is 0.00000289. The molecule has 2 unspecified atom stereocenters. The van der Waals surface area contributed by atoms with E-state index in [1.807, 2.05) is 38.2 Å². The minimum Gasteiger partial charge on any atom is -0.382 e. The van der Waals surface area contributed by atoms with E-state index >= 15 is 0 Å². The van der Waals surface area contributed by atoms with Gasteiger partial charge < -0.3 is 16.0 Å². The van der Waals surface area contributed by atoms with Gasteiger partial charge in [0.15, 0.2) is 5.96 Å². The predicted molar refractivity (Wildman–Crippen MR) is 140 cm³/mol. The summed E-state index contributed by atoms with van der Waals surface area (Å²) < 4.78 is 1.67. The monoisotopic (exact) mass is 547 g/mol. The van der Waals surface area contributed by atoms with E-state index in [0.717, 1.165) is 55.2 Å². The second-order valence-electron chi connectivity index (χ2n) is 8.85. The molecule has 0 spiro atoms. The Bertz CT molecular complexity index is 959. The van der Waals surface area contributed by atoms with Gasteiger partial charge in [0.25, 0.3) is 0 Å². The Labute approximate surface area is 208 Å². The Kier molecular flexibility index (Phi) is 8.40. The Morgan fingerprint density at radius 2 is 1.88 bits per heavy atom. The first-order valence-corrected chi connectivity index (χ1v) is 11.4. The highest BCUT2D eigenvalue weighted by molar-refractivity contribution is 14.0. The van der Waals surface area contributed by atoms with Gasteiger partial charge in [-0.3, -0.25) is 4.99 Å². The molecule has 0 radical (unpaired) electrons. The Morgan fingerprint density at radius 1 is 1.22 bits per heavy atom. The average molecular weight is 547 g/mol. The van der Waals surface area contributed by atoms with Gasteiger partial charge in [0.1, 0.15) is 17.5 Å². The van der Waals surface area contributed by atoms with Crippen LogP contribution in [-0.2, 0) is 6.42 Å². The van der Waals surface area contributed by atoms with Crippen LogP contribution in [0.4, 0.5) is 5.82 Å². The number of halogens is 1. The van der Waals surface area contributed by atoms with Crippen LogP contribution in [-0.4, -0.2) is 47.3 Å². The zero-order valence-electron chi connectivity index (χ0n) is 19.0. The molecule has 2 aromatic rings. The summed E-state index contributed by atoms with van der Waals surface area (Å²) in [6.07, 6.45) is 7.03. The molecule has 1 saturated heterocycles. The highest BCUT2D eigenvalue weighted by atomic mass is 127. The fourth-order valence-corrected chi connectivity index (χ4v) is 5.03. The molecule has 4 rings (SSSR count). The number of nitriles is 1. The van der Waals surface area contributed by atoms with Crippen LogP contribution in [0.25, 0.3) is 5.69 Å². The van der Waals surface area contributed by atoms with E-state index < -0.39 is 0 Å². The minimum absolute atomic E-state index is 0. The quantitative estimate of drug-likeness (QED) is 0.257. The third-order valence-electron chi connectivity index (χ3n) is 6.75. The van der Waals surface area contributed by atoms with Crippen LogP contribution < -0.4 is 11.1 Å². The fourth-order valence-electron chi connectivity index (χ4n) is 5.03. The van der Waals surface area contributed by atoms with Crippen molar-refractivity contribution in [3.05, 3.63) is 41.1 Å². The molecule has 7 nitrogen and oxygen atoms in total. The van der Waals surface area contributed by atoms with Gasteiger partial charge in [0.05, 0.1) is 11.4 Å². The minimum atomic E-state index is 0. The number of nitrogens with one attached hydrogen (secondary N) is 1. The summed E-state index contributed by atoms with van der Waals surface area (Å²) in [4.78, 5) is 6.93. The van der Waals surface area contributed by atoms with Gasteiger partial charge >= 0.3 is 0 Å². The van der Waals surface area contributed by atoms with Gasteiger partial charge in [0, 0.05) is 26.7 Å². The van der Waals surface area contributed by atoms with Crippen molar-refractivity contribution in [3.8, 4) is 11.8 Å². The zero-order valence-corrected chi connectivity index (χ0v) is 21.4. The van der Waals surface area contributed by atoms with Crippen molar-refractivity contribution in [3.63, 3.8) is 0 Å². The first kappa shape index (κ1) is 24.4. The molecule has 1 aliphatic heterocycles. The van der Waals surface area contributed by atoms with Gasteiger partial charge in [-0.1, -0.05) is 30.5 Å². The smallest absolute Gasteiger partial charge is 0.193 e. The standard InChI is InChI=1S/C24H33N7.HI/c1-17-9-11-20(12-10-17)31-23(26)21(14-25)22(29-31)8-5-13-28-24(27-2)30-15-18-6-3-4-7-19(18)16-30;/h9-12,18-19H,3-8,13,15-16,26H2,1-2H3,(H,27,28);1H. The normalized spacial score (nSPS) is 20.4. The fraction of sp³-hybridized carbons (Fsp3) is 0.542. The summed E-state index contributed by atoms with van der Waals surface area (Å²) in [6, 6.07) is 10.2. The van der Waals surface area contributed by atoms with Crippen LogP contribution in [0.1, 0.15) is 48.9 Å². The lowest BCUT2D eigenvalue weighted by Crippen LogP contribution is -2.40. The van der Waals surface area contributed by atoms with Crippen LogP contribution in [0.15, 0.2) is 29.3 Å².